The van der Waals surface area contributed by atoms with Crippen LogP contribution in [-0.4, -0.2) is 29.7 Å². The minimum Gasteiger partial charge on any atom is -0.486 e. The van der Waals surface area contributed by atoms with Crippen LogP contribution in [0, 0.1) is 5.82 Å². The van der Waals surface area contributed by atoms with E-state index >= 15 is 0 Å². The smallest absolute Gasteiger partial charge is 0.220 e. The van der Waals surface area contributed by atoms with Crippen molar-refractivity contribution >= 4 is 16.8 Å². The Labute approximate surface area is 233 Å². The van der Waals surface area contributed by atoms with Crippen LogP contribution < -0.4 is 14.8 Å². The molecule has 0 saturated carbocycles. The second-order valence-corrected chi connectivity index (χ2v) is 10.2. The summed E-state index contributed by atoms with van der Waals surface area (Å²) >= 11 is 0. The number of aromatic nitrogens is 1. The molecule has 0 aliphatic carbocycles. The molecule has 2 atom stereocenters. The summed E-state index contributed by atoms with van der Waals surface area (Å²) in [6.07, 6.45) is 2.98. The van der Waals surface area contributed by atoms with E-state index in [1.54, 1.807) is 0 Å². The number of carbonyl (C=O) groups excluding carboxylic acids is 1. The molecule has 0 bridgehead atoms. The van der Waals surface area contributed by atoms with Gasteiger partial charge in [-0.25, -0.2) is 4.39 Å². The molecule has 1 amide bonds. The Morgan fingerprint density at radius 1 is 0.875 bits per heavy atom. The number of hydrogen-bond acceptors (Lipinski definition) is 3. The summed E-state index contributed by atoms with van der Waals surface area (Å²) in [7, 11) is 0. The van der Waals surface area contributed by atoms with Crippen molar-refractivity contribution in [2.45, 2.75) is 31.4 Å². The summed E-state index contributed by atoms with van der Waals surface area (Å²) in [5.74, 6) is 1.11. The van der Waals surface area contributed by atoms with Crippen molar-refractivity contribution in [1.29, 1.82) is 0 Å². The number of para-hydroxylation sites is 3. The fraction of sp³-hybridized carbons (Fsp3) is 0.206. The Hall–Kier alpha value is -4.58. The van der Waals surface area contributed by atoms with Crippen molar-refractivity contribution < 1.29 is 18.7 Å². The van der Waals surface area contributed by atoms with E-state index in [2.05, 4.69) is 40.3 Å². The molecule has 0 spiro atoms. The molecule has 2 heterocycles. The van der Waals surface area contributed by atoms with Crippen LogP contribution in [0.4, 0.5) is 4.39 Å². The normalized spacial score (nSPS) is 15.1. The van der Waals surface area contributed by atoms with Gasteiger partial charge < -0.3 is 19.4 Å². The van der Waals surface area contributed by atoms with Crippen molar-refractivity contribution in [3.8, 4) is 11.5 Å². The molecule has 0 fully saturated rings. The Kier molecular flexibility index (Phi) is 7.49. The third-order valence-electron chi connectivity index (χ3n) is 7.38. The number of nitrogens with one attached hydrogen (secondary N) is 1. The molecule has 0 unspecified atom stereocenters. The average Bonchev–Trinajstić information content (AvgIpc) is 3.35. The summed E-state index contributed by atoms with van der Waals surface area (Å²) < 4.78 is 27.5. The van der Waals surface area contributed by atoms with Gasteiger partial charge in [-0.15, -0.1) is 0 Å². The van der Waals surface area contributed by atoms with Crippen LogP contribution in [-0.2, 0) is 17.8 Å². The van der Waals surface area contributed by atoms with E-state index in [1.807, 2.05) is 66.7 Å². The number of halogens is 1. The van der Waals surface area contributed by atoms with Gasteiger partial charge in [-0.3, -0.25) is 4.79 Å². The highest BCUT2D eigenvalue weighted by molar-refractivity contribution is 5.86. The number of amides is 1. The number of fused-ring (bicyclic) bond motifs is 2. The van der Waals surface area contributed by atoms with Gasteiger partial charge in [0.1, 0.15) is 18.5 Å². The zero-order chi connectivity index (χ0) is 27.3. The molecule has 0 radical (unpaired) electrons. The summed E-state index contributed by atoms with van der Waals surface area (Å²) in [6, 6.07) is 32.7. The zero-order valence-corrected chi connectivity index (χ0v) is 22.1. The lowest BCUT2D eigenvalue weighted by molar-refractivity contribution is -0.122. The lowest BCUT2D eigenvalue weighted by Gasteiger charge is -2.26. The largest absolute Gasteiger partial charge is 0.486 e. The molecule has 1 aliphatic heterocycles. The number of ether oxygens (including phenoxy) is 2. The molecule has 202 valence electrons. The van der Waals surface area contributed by atoms with Gasteiger partial charge in [0.05, 0.1) is 6.54 Å². The van der Waals surface area contributed by atoms with Crippen LogP contribution in [0.25, 0.3) is 10.9 Å². The van der Waals surface area contributed by atoms with E-state index in [9.17, 15) is 9.18 Å². The second kappa shape index (κ2) is 11.7. The monoisotopic (exact) mass is 534 g/mol. The van der Waals surface area contributed by atoms with Crippen LogP contribution in [0.2, 0.25) is 0 Å². The molecule has 5 nitrogen and oxygen atoms in total. The fourth-order valence-electron chi connectivity index (χ4n) is 5.40. The lowest BCUT2D eigenvalue weighted by atomic mass is 9.88. The number of hydrogen-bond donors (Lipinski definition) is 1. The zero-order valence-electron chi connectivity index (χ0n) is 22.1. The summed E-state index contributed by atoms with van der Waals surface area (Å²) in [5.41, 5.74) is 4.41. The standard InChI is InChI=1S/C34H31FN2O3/c35-27-16-14-25(15-17-27)21-37-22-30(29-10-4-5-11-31(29)37)26(18-24-8-2-1-3-9-24)19-34(38)36-20-28-23-39-32-12-6-7-13-33(32)40-28/h1-17,22,26,28H,18-21,23H2,(H,36,38)/t26-,28+/m1/s1. The van der Waals surface area contributed by atoms with Crippen molar-refractivity contribution in [2.24, 2.45) is 0 Å². The first-order chi connectivity index (χ1) is 19.6. The van der Waals surface area contributed by atoms with Gasteiger partial charge in [0, 0.05) is 30.1 Å². The third-order valence-corrected chi connectivity index (χ3v) is 7.38. The lowest BCUT2D eigenvalue weighted by Crippen LogP contribution is -2.41. The van der Waals surface area contributed by atoms with Crippen molar-refractivity contribution in [3.63, 3.8) is 0 Å². The van der Waals surface area contributed by atoms with E-state index in [-0.39, 0.29) is 23.7 Å². The van der Waals surface area contributed by atoms with E-state index in [4.69, 9.17) is 9.47 Å². The van der Waals surface area contributed by atoms with E-state index < -0.39 is 0 Å². The quantitative estimate of drug-likeness (QED) is 0.235. The van der Waals surface area contributed by atoms with Gasteiger partial charge in [-0.05, 0) is 59.4 Å². The SMILES string of the molecule is O=C(C[C@@H](Cc1ccccc1)c1cn(Cc2ccc(F)cc2)c2ccccc12)NC[C@H]1COc2ccccc2O1. The first-order valence-electron chi connectivity index (χ1n) is 13.6. The van der Waals surface area contributed by atoms with E-state index in [0.29, 0.717) is 31.9 Å². The number of carbonyl (C=O) groups is 1. The Bertz CT molecular complexity index is 1600. The van der Waals surface area contributed by atoms with Crippen molar-refractivity contribution in [2.75, 3.05) is 13.2 Å². The van der Waals surface area contributed by atoms with Crippen LogP contribution in [0.15, 0.2) is 109 Å². The Morgan fingerprint density at radius 3 is 2.42 bits per heavy atom. The highest BCUT2D eigenvalue weighted by Crippen LogP contribution is 2.34. The number of nitrogens with zero attached hydrogens (tertiary/aromatic N) is 1. The van der Waals surface area contributed by atoms with Crippen molar-refractivity contribution in [3.05, 3.63) is 132 Å². The van der Waals surface area contributed by atoms with Crippen molar-refractivity contribution in [1.82, 2.24) is 9.88 Å². The van der Waals surface area contributed by atoms with E-state index in [0.717, 1.165) is 34.2 Å². The van der Waals surface area contributed by atoms with Crippen LogP contribution >= 0.6 is 0 Å². The van der Waals surface area contributed by atoms with Gasteiger partial charge in [-0.2, -0.15) is 0 Å². The third kappa shape index (κ3) is 5.86. The van der Waals surface area contributed by atoms with Gasteiger partial charge in [-0.1, -0.05) is 72.8 Å². The van der Waals surface area contributed by atoms with Gasteiger partial charge in [0.2, 0.25) is 5.91 Å². The molecule has 1 N–H and O–H groups in total. The molecule has 6 heteroatoms. The highest BCUT2D eigenvalue weighted by atomic mass is 19.1. The maximum atomic E-state index is 13.5. The number of benzene rings is 4. The maximum Gasteiger partial charge on any atom is 0.220 e. The molecule has 6 rings (SSSR count). The maximum absolute atomic E-state index is 13.5. The molecule has 1 aromatic heterocycles. The molecule has 0 saturated heterocycles. The highest BCUT2D eigenvalue weighted by Gasteiger charge is 2.24. The first kappa shape index (κ1) is 25.7. The fourth-order valence-corrected chi connectivity index (χ4v) is 5.40. The Balaban J connectivity index is 1.23. The van der Waals surface area contributed by atoms with Gasteiger partial charge in [0.15, 0.2) is 11.5 Å². The van der Waals surface area contributed by atoms with Crippen LogP contribution in [0.3, 0.4) is 0 Å². The average molecular weight is 535 g/mol. The molecule has 40 heavy (non-hydrogen) atoms. The molecular formula is C34H31FN2O3. The van der Waals surface area contributed by atoms with Crippen LogP contribution in [0.5, 0.6) is 11.5 Å². The Morgan fingerprint density at radius 2 is 1.60 bits per heavy atom. The summed E-state index contributed by atoms with van der Waals surface area (Å²) in [6.45, 7) is 1.38. The van der Waals surface area contributed by atoms with Gasteiger partial charge >= 0.3 is 0 Å². The molecular weight excluding hydrogens is 503 g/mol. The first-order valence-corrected chi connectivity index (χ1v) is 13.6. The molecule has 4 aromatic carbocycles. The minimum absolute atomic E-state index is 0.0289. The predicted octanol–water partition coefficient (Wildman–Crippen LogP) is 6.50. The minimum atomic E-state index is -0.246. The van der Waals surface area contributed by atoms with Gasteiger partial charge in [0.25, 0.3) is 0 Å². The second-order valence-electron chi connectivity index (χ2n) is 10.2. The number of rotatable bonds is 9. The summed E-state index contributed by atoms with van der Waals surface area (Å²) in [5, 5.41) is 4.21. The van der Waals surface area contributed by atoms with E-state index in [1.165, 1.54) is 17.7 Å². The molecule has 1 aliphatic rings. The topological polar surface area (TPSA) is 52.5 Å². The van der Waals surface area contributed by atoms with Crippen LogP contribution in [0.1, 0.15) is 29.0 Å². The summed E-state index contributed by atoms with van der Waals surface area (Å²) in [4.78, 5) is 13.3. The molecule has 5 aromatic rings. The predicted molar refractivity (Wildman–Crippen MR) is 154 cm³/mol.